The zero-order valence-electron chi connectivity index (χ0n) is 13.9. The van der Waals surface area contributed by atoms with E-state index in [0.29, 0.717) is 12.1 Å². The fraction of sp³-hybridized carbons (Fsp3) is 0.200. The lowest BCUT2D eigenvalue weighted by atomic mass is 10.1. The van der Waals surface area contributed by atoms with Crippen LogP contribution >= 0.6 is 0 Å². The van der Waals surface area contributed by atoms with E-state index >= 15 is 0 Å². The van der Waals surface area contributed by atoms with Gasteiger partial charge in [-0.15, -0.1) is 0 Å². The minimum absolute atomic E-state index is 0.196. The van der Waals surface area contributed by atoms with Crippen molar-refractivity contribution in [2.75, 3.05) is 18.1 Å². The predicted octanol–water partition coefficient (Wildman–Crippen LogP) is 4.14. The highest BCUT2D eigenvalue weighted by molar-refractivity contribution is 5.96. The van der Waals surface area contributed by atoms with Gasteiger partial charge < -0.3 is 14.1 Å². The largest absolute Gasteiger partial charge is 0.460 e. The number of fused-ring (bicyclic) bond motifs is 1. The third-order valence-electron chi connectivity index (χ3n) is 3.89. The number of esters is 1. The van der Waals surface area contributed by atoms with E-state index in [1.165, 1.54) is 0 Å². The highest BCUT2D eigenvalue weighted by Crippen LogP contribution is 2.29. The summed E-state index contributed by atoms with van der Waals surface area (Å²) in [5.74, 6) is -0.291. The summed E-state index contributed by atoms with van der Waals surface area (Å²) in [7, 11) is 0. The standard InChI is InChI=1S/C20H18N2O3/c1-2-24-20(23)19-17(16-10-6-7-11-18(16)25-19)14-22(13-12-21)15-8-4-3-5-9-15/h3-11H,2,13-14H2,1H3. The Bertz CT molecular complexity index is 910. The van der Waals surface area contributed by atoms with Gasteiger partial charge in [-0.05, 0) is 25.1 Å². The maximum absolute atomic E-state index is 12.3. The number of benzene rings is 2. The molecule has 0 bridgehead atoms. The lowest BCUT2D eigenvalue weighted by Gasteiger charge is -2.21. The summed E-state index contributed by atoms with van der Waals surface area (Å²) in [6.45, 7) is 2.61. The molecular formula is C20H18N2O3. The SMILES string of the molecule is CCOC(=O)c1oc2ccccc2c1CN(CC#N)c1ccccc1. The molecule has 25 heavy (non-hydrogen) atoms. The normalized spacial score (nSPS) is 10.4. The van der Waals surface area contributed by atoms with Crippen LogP contribution < -0.4 is 4.90 Å². The van der Waals surface area contributed by atoms with Gasteiger partial charge >= 0.3 is 5.97 Å². The second-order valence-corrected chi connectivity index (χ2v) is 5.48. The molecule has 5 nitrogen and oxygen atoms in total. The van der Waals surface area contributed by atoms with Crippen LogP contribution in [0, 0.1) is 11.3 Å². The van der Waals surface area contributed by atoms with Crippen LogP contribution in [-0.2, 0) is 11.3 Å². The molecule has 2 aromatic carbocycles. The molecule has 1 heterocycles. The van der Waals surface area contributed by atoms with Crippen LogP contribution in [0.1, 0.15) is 23.0 Å². The second-order valence-electron chi connectivity index (χ2n) is 5.48. The van der Waals surface area contributed by atoms with Gasteiger partial charge in [-0.1, -0.05) is 36.4 Å². The number of nitriles is 1. The monoisotopic (exact) mass is 334 g/mol. The summed E-state index contributed by atoms with van der Waals surface area (Å²) in [6, 6.07) is 19.3. The summed E-state index contributed by atoms with van der Waals surface area (Å²) >= 11 is 0. The van der Waals surface area contributed by atoms with Gasteiger partial charge in [-0.25, -0.2) is 4.79 Å². The molecule has 0 aliphatic carbocycles. The Labute approximate surface area is 146 Å². The number of para-hydroxylation sites is 2. The van der Waals surface area contributed by atoms with Crippen LogP contribution in [0.3, 0.4) is 0 Å². The first kappa shape index (κ1) is 16.6. The Kier molecular flexibility index (Phi) is 5.00. The first-order valence-corrected chi connectivity index (χ1v) is 8.09. The zero-order valence-corrected chi connectivity index (χ0v) is 13.9. The highest BCUT2D eigenvalue weighted by Gasteiger charge is 2.23. The van der Waals surface area contributed by atoms with Crippen LogP contribution in [0.5, 0.6) is 0 Å². The van der Waals surface area contributed by atoms with Crippen LogP contribution in [-0.4, -0.2) is 19.1 Å². The van der Waals surface area contributed by atoms with Crippen molar-refractivity contribution in [1.82, 2.24) is 0 Å². The topological polar surface area (TPSA) is 66.5 Å². The molecule has 0 saturated heterocycles. The van der Waals surface area contributed by atoms with Crippen molar-refractivity contribution in [2.24, 2.45) is 0 Å². The Morgan fingerprint density at radius 2 is 1.88 bits per heavy atom. The molecule has 0 amide bonds. The maximum Gasteiger partial charge on any atom is 0.374 e. The van der Waals surface area contributed by atoms with E-state index in [2.05, 4.69) is 6.07 Å². The number of ether oxygens (including phenoxy) is 1. The Balaban J connectivity index is 2.05. The fourth-order valence-corrected chi connectivity index (χ4v) is 2.77. The summed E-state index contributed by atoms with van der Waals surface area (Å²) in [4.78, 5) is 14.2. The molecule has 0 saturated carbocycles. The van der Waals surface area contributed by atoms with Crippen molar-refractivity contribution in [1.29, 1.82) is 5.26 Å². The van der Waals surface area contributed by atoms with E-state index in [-0.39, 0.29) is 18.9 Å². The quantitative estimate of drug-likeness (QED) is 0.501. The molecule has 1 aromatic heterocycles. The Morgan fingerprint density at radius 1 is 1.16 bits per heavy atom. The van der Waals surface area contributed by atoms with Crippen molar-refractivity contribution >= 4 is 22.6 Å². The number of carbonyl (C=O) groups excluding carboxylic acids is 1. The van der Waals surface area contributed by atoms with Gasteiger partial charge in [0.2, 0.25) is 5.76 Å². The molecule has 5 heteroatoms. The molecule has 3 rings (SSSR count). The minimum Gasteiger partial charge on any atom is -0.460 e. The molecule has 0 atom stereocenters. The van der Waals surface area contributed by atoms with E-state index in [1.807, 2.05) is 59.5 Å². The molecule has 0 aliphatic heterocycles. The molecule has 126 valence electrons. The van der Waals surface area contributed by atoms with Crippen molar-refractivity contribution < 1.29 is 13.9 Å². The van der Waals surface area contributed by atoms with Gasteiger partial charge in [-0.2, -0.15) is 5.26 Å². The first-order valence-electron chi connectivity index (χ1n) is 8.09. The molecule has 0 fully saturated rings. The van der Waals surface area contributed by atoms with Crippen LogP contribution in [0.25, 0.3) is 11.0 Å². The molecule has 0 N–H and O–H groups in total. The lowest BCUT2D eigenvalue weighted by Crippen LogP contribution is -2.24. The van der Waals surface area contributed by atoms with Crippen molar-refractivity contribution in [2.45, 2.75) is 13.5 Å². The Morgan fingerprint density at radius 3 is 2.60 bits per heavy atom. The summed E-state index contributed by atoms with van der Waals surface area (Å²) in [5, 5.41) is 10.0. The average Bonchev–Trinajstić information content (AvgIpc) is 3.01. The van der Waals surface area contributed by atoms with Crippen molar-refractivity contribution in [3.8, 4) is 6.07 Å². The van der Waals surface area contributed by atoms with E-state index in [1.54, 1.807) is 6.92 Å². The number of furan rings is 1. The van der Waals surface area contributed by atoms with Gasteiger partial charge in [0, 0.05) is 23.2 Å². The van der Waals surface area contributed by atoms with Crippen LogP contribution in [0.2, 0.25) is 0 Å². The first-order chi connectivity index (χ1) is 12.2. The third kappa shape index (κ3) is 3.48. The Hall–Kier alpha value is -3.26. The van der Waals surface area contributed by atoms with E-state index in [0.717, 1.165) is 16.6 Å². The number of hydrogen-bond donors (Lipinski definition) is 0. The van der Waals surface area contributed by atoms with Gasteiger partial charge in [-0.3, -0.25) is 0 Å². The van der Waals surface area contributed by atoms with Gasteiger partial charge in [0.1, 0.15) is 12.1 Å². The molecule has 3 aromatic rings. The smallest absolute Gasteiger partial charge is 0.374 e. The fourth-order valence-electron chi connectivity index (χ4n) is 2.77. The highest BCUT2D eigenvalue weighted by atomic mass is 16.5. The van der Waals surface area contributed by atoms with E-state index < -0.39 is 5.97 Å². The van der Waals surface area contributed by atoms with Crippen LogP contribution in [0.4, 0.5) is 5.69 Å². The van der Waals surface area contributed by atoms with E-state index in [9.17, 15) is 10.1 Å². The number of hydrogen-bond acceptors (Lipinski definition) is 5. The minimum atomic E-state index is -0.487. The summed E-state index contributed by atoms with van der Waals surface area (Å²) < 4.78 is 10.9. The zero-order chi connectivity index (χ0) is 17.6. The van der Waals surface area contributed by atoms with Gasteiger partial charge in [0.15, 0.2) is 0 Å². The second kappa shape index (κ2) is 7.54. The molecule has 0 aliphatic rings. The third-order valence-corrected chi connectivity index (χ3v) is 3.89. The van der Waals surface area contributed by atoms with Crippen LogP contribution in [0.15, 0.2) is 59.0 Å². The molecule has 0 spiro atoms. The summed E-state index contributed by atoms with van der Waals surface area (Å²) in [6.07, 6.45) is 0. The number of nitrogens with zero attached hydrogens (tertiary/aromatic N) is 2. The molecular weight excluding hydrogens is 316 g/mol. The number of rotatable bonds is 6. The summed E-state index contributed by atoms with van der Waals surface area (Å²) in [5.41, 5.74) is 2.27. The maximum atomic E-state index is 12.3. The van der Waals surface area contributed by atoms with Gasteiger partial charge in [0.25, 0.3) is 0 Å². The van der Waals surface area contributed by atoms with Gasteiger partial charge in [0.05, 0.1) is 12.7 Å². The number of carbonyl (C=O) groups is 1. The lowest BCUT2D eigenvalue weighted by molar-refractivity contribution is 0.0491. The van der Waals surface area contributed by atoms with Crippen molar-refractivity contribution in [3.63, 3.8) is 0 Å². The predicted molar refractivity (Wildman–Crippen MR) is 95.3 cm³/mol. The van der Waals surface area contributed by atoms with E-state index in [4.69, 9.17) is 9.15 Å². The molecule has 0 unspecified atom stereocenters. The molecule has 0 radical (unpaired) electrons. The number of anilines is 1. The van der Waals surface area contributed by atoms with Crippen molar-refractivity contribution in [3.05, 3.63) is 65.9 Å². The average molecular weight is 334 g/mol.